The van der Waals surface area contributed by atoms with Crippen LogP contribution in [0, 0.1) is 27.9 Å². The maximum Gasteiger partial charge on any atom is 0.207 e. The zero-order valence-electron chi connectivity index (χ0n) is 14.8. The number of carbonyl (C=O) groups is 2. The van der Waals surface area contributed by atoms with Crippen molar-refractivity contribution in [2.24, 2.45) is 17.8 Å². The van der Waals surface area contributed by atoms with Crippen LogP contribution in [-0.4, -0.2) is 23.0 Å². The van der Waals surface area contributed by atoms with Gasteiger partial charge in [0, 0.05) is 17.3 Å². The van der Waals surface area contributed by atoms with E-state index in [0.29, 0.717) is 18.3 Å². The summed E-state index contributed by atoms with van der Waals surface area (Å²) >= 11 is 0. The molecule has 1 atom stereocenters. The van der Waals surface area contributed by atoms with E-state index in [4.69, 9.17) is 0 Å². The van der Waals surface area contributed by atoms with Gasteiger partial charge in [-0.3, -0.25) is 14.9 Å². The lowest BCUT2D eigenvalue weighted by Crippen LogP contribution is -2.18. The first-order chi connectivity index (χ1) is 10.0. The lowest BCUT2D eigenvalue weighted by Gasteiger charge is -2.12. The lowest BCUT2D eigenvalue weighted by atomic mass is 9.93. The highest BCUT2D eigenvalue weighted by atomic mass is 16.6. The fourth-order valence-corrected chi connectivity index (χ4v) is 2.01. The molecule has 0 aromatic carbocycles. The maximum absolute atomic E-state index is 10.8. The van der Waals surface area contributed by atoms with E-state index in [9.17, 15) is 19.7 Å². The molecule has 0 spiro atoms. The number of carbonyl (C=O) groups excluding carboxylic acids is 2. The third-order valence-corrected chi connectivity index (χ3v) is 2.75. The molecule has 0 rings (SSSR count). The van der Waals surface area contributed by atoms with Gasteiger partial charge in [0.15, 0.2) is 5.78 Å². The van der Waals surface area contributed by atoms with Crippen LogP contribution in [0.25, 0.3) is 0 Å². The van der Waals surface area contributed by atoms with Gasteiger partial charge in [0.2, 0.25) is 6.54 Å². The van der Waals surface area contributed by atoms with Crippen molar-refractivity contribution >= 4 is 11.6 Å². The Balaban J connectivity index is 0. The Morgan fingerprint density at radius 2 is 1.64 bits per heavy atom. The summed E-state index contributed by atoms with van der Waals surface area (Å²) in [6.07, 6.45) is 5.63. The standard InChI is InChI=1S/C9H17NO3.C8H14O/c1-7(2)4-9(5-8(3)11)6-10(12)13;1-7(2)5-4-6-8(3)9/h7,9H,4-6H2,1-3H3;4,6-7H,5H2,1-3H3/b;6-4+. The van der Waals surface area contributed by atoms with Crippen LogP contribution >= 0.6 is 0 Å². The Morgan fingerprint density at radius 3 is 1.95 bits per heavy atom. The SMILES string of the molecule is CC(=O)/C=C/CC(C)C.CC(=O)CC(CC(C)C)C[N+](=O)[O-]. The smallest absolute Gasteiger partial charge is 0.207 e. The molecule has 0 radical (unpaired) electrons. The summed E-state index contributed by atoms with van der Waals surface area (Å²) in [5.41, 5.74) is 0. The second-order valence-electron chi connectivity index (χ2n) is 6.56. The van der Waals surface area contributed by atoms with E-state index >= 15 is 0 Å². The average Bonchev–Trinajstić information content (AvgIpc) is 2.25. The van der Waals surface area contributed by atoms with Crippen molar-refractivity contribution < 1.29 is 14.5 Å². The molecule has 0 aromatic heterocycles. The molecule has 22 heavy (non-hydrogen) atoms. The first-order valence-electron chi connectivity index (χ1n) is 7.82. The van der Waals surface area contributed by atoms with Crippen molar-refractivity contribution in [2.75, 3.05) is 6.54 Å². The Labute approximate surface area is 134 Å². The first-order valence-corrected chi connectivity index (χ1v) is 7.82. The zero-order valence-corrected chi connectivity index (χ0v) is 14.8. The van der Waals surface area contributed by atoms with Crippen molar-refractivity contribution in [3.8, 4) is 0 Å². The summed E-state index contributed by atoms with van der Waals surface area (Å²) in [6, 6.07) is 0. The van der Waals surface area contributed by atoms with Gasteiger partial charge in [-0.05, 0) is 44.6 Å². The van der Waals surface area contributed by atoms with Crippen LogP contribution in [0.5, 0.6) is 0 Å². The van der Waals surface area contributed by atoms with Crippen LogP contribution in [-0.2, 0) is 9.59 Å². The number of rotatable bonds is 9. The molecule has 0 fully saturated rings. The van der Waals surface area contributed by atoms with E-state index in [1.54, 1.807) is 13.0 Å². The molecular formula is C17H31NO4. The monoisotopic (exact) mass is 313 g/mol. The minimum Gasteiger partial charge on any atom is -0.300 e. The predicted octanol–water partition coefficient (Wildman–Crippen LogP) is 4.08. The minimum atomic E-state index is -0.337. The normalized spacial score (nSPS) is 12.2. The topological polar surface area (TPSA) is 77.3 Å². The first kappa shape index (κ1) is 22.8. The van der Waals surface area contributed by atoms with Crippen LogP contribution in [0.1, 0.15) is 60.8 Å². The van der Waals surface area contributed by atoms with Gasteiger partial charge in [-0.25, -0.2) is 0 Å². The van der Waals surface area contributed by atoms with Gasteiger partial charge in [-0.15, -0.1) is 0 Å². The number of Topliss-reactive ketones (excluding diaryl/α,β-unsaturated/α-hetero) is 1. The van der Waals surface area contributed by atoms with Crippen LogP contribution < -0.4 is 0 Å². The Morgan fingerprint density at radius 1 is 1.09 bits per heavy atom. The molecule has 0 aliphatic rings. The Hall–Kier alpha value is -1.52. The average molecular weight is 313 g/mol. The highest BCUT2D eigenvalue weighted by Crippen LogP contribution is 2.15. The second-order valence-corrected chi connectivity index (χ2v) is 6.56. The summed E-state index contributed by atoms with van der Waals surface area (Å²) in [5, 5.41) is 10.3. The molecule has 0 saturated carbocycles. The summed E-state index contributed by atoms with van der Waals surface area (Å²) < 4.78 is 0. The fourth-order valence-electron chi connectivity index (χ4n) is 2.01. The molecule has 0 heterocycles. The summed E-state index contributed by atoms with van der Waals surface area (Å²) in [6.45, 7) is 11.2. The molecule has 5 heteroatoms. The largest absolute Gasteiger partial charge is 0.300 e. The Kier molecular flexibility index (Phi) is 13.6. The van der Waals surface area contributed by atoms with Gasteiger partial charge in [0.05, 0.1) is 0 Å². The fraction of sp³-hybridized carbons (Fsp3) is 0.765. The third kappa shape index (κ3) is 20.8. The van der Waals surface area contributed by atoms with E-state index in [1.807, 2.05) is 19.9 Å². The van der Waals surface area contributed by atoms with Crippen molar-refractivity contribution in [3.63, 3.8) is 0 Å². The molecular weight excluding hydrogens is 282 g/mol. The minimum absolute atomic E-state index is 0.0347. The van der Waals surface area contributed by atoms with Crippen molar-refractivity contribution in [1.82, 2.24) is 0 Å². The summed E-state index contributed by atoms with van der Waals surface area (Å²) in [7, 11) is 0. The summed E-state index contributed by atoms with van der Waals surface area (Å²) in [4.78, 5) is 31.1. The third-order valence-electron chi connectivity index (χ3n) is 2.75. The van der Waals surface area contributed by atoms with Crippen molar-refractivity contribution in [2.45, 2.75) is 60.8 Å². The molecule has 5 nitrogen and oxygen atoms in total. The van der Waals surface area contributed by atoms with Crippen molar-refractivity contribution in [1.29, 1.82) is 0 Å². The number of nitrogens with zero attached hydrogens (tertiary/aromatic N) is 1. The molecule has 128 valence electrons. The van der Waals surface area contributed by atoms with E-state index in [2.05, 4.69) is 13.8 Å². The molecule has 0 saturated heterocycles. The van der Waals surface area contributed by atoms with Gasteiger partial charge in [-0.1, -0.05) is 33.8 Å². The lowest BCUT2D eigenvalue weighted by molar-refractivity contribution is -0.488. The Bertz CT molecular complexity index is 357. The molecule has 0 amide bonds. The number of hydrogen-bond donors (Lipinski definition) is 0. The van der Waals surface area contributed by atoms with Crippen molar-refractivity contribution in [3.05, 3.63) is 22.3 Å². The molecule has 0 aliphatic heterocycles. The predicted molar refractivity (Wildman–Crippen MR) is 89.4 cm³/mol. The quantitative estimate of drug-likeness (QED) is 0.365. The number of hydrogen-bond acceptors (Lipinski definition) is 4. The van der Waals surface area contributed by atoms with Crippen LogP contribution in [0.4, 0.5) is 0 Å². The van der Waals surface area contributed by atoms with Gasteiger partial charge >= 0.3 is 0 Å². The van der Waals surface area contributed by atoms with E-state index in [0.717, 1.165) is 12.8 Å². The molecule has 0 bridgehead atoms. The van der Waals surface area contributed by atoms with Gasteiger partial charge in [0.1, 0.15) is 5.78 Å². The number of nitro groups is 1. The number of allylic oxidation sites excluding steroid dienone is 2. The van der Waals surface area contributed by atoms with E-state index in [-0.39, 0.29) is 29.0 Å². The number of ketones is 2. The van der Waals surface area contributed by atoms with Crippen LogP contribution in [0.3, 0.4) is 0 Å². The van der Waals surface area contributed by atoms with Crippen LogP contribution in [0.15, 0.2) is 12.2 Å². The van der Waals surface area contributed by atoms with E-state index in [1.165, 1.54) is 6.92 Å². The molecule has 0 aromatic rings. The molecule has 0 aliphatic carbocycles. The zero-order chi connectivity index (χ0) is 17.7. The highest BCUT2D eigenvalue weighted by Gasteiger charge is 2.18. The second kappa shape index (κ2) is 13.2. The van der Waals surface area contributed by atoms with E-state index < -0.39 is 0 Å². The molecule has 1 unspecified atom stereocenters. The maximum atomic E-state index is 10.8. The molecule has 0 N–H and O–H groups in total. The summed E-state index contributed by atoms with van der Waals surface area (Å²) in [5.74, 6) is 1.14. The highest BCUT2D eigenvalue weighted by molar-refractivity contribution is 5.87. The van der Waals surface area contributed by atoms with Gasteiger partial charge in [0.25, 0.3) is 0 Å². The van der Waals surface area contributed by atoms with Gasteiger partial charge < -0.3 is 4.79 Å². The van der Waals surface area contributed by atoms with Crippen LogP contribution in [0.2, 0.25) is 0 Å². The van der Waals surface area contributed by atoms with Gasteiger partial charge in [-0.2, -0.15) is 0 Å².